The first-order valence-corrected chi connectivity index (χ1v) is 23.7. The van der Waals surface area contributed by atoms with E-state index in [1.54, 1.807) is 34.9 Å². The summed E-state index contributed by atoms with van der Waals surface area (Å²) < 4.78 is 39.0. The highest BCUT2D eigenvalue weighted by Crippen LogP contribution is 2.40. The molecule has 5 aromatic rings. The number of methoxy groups -OCH3 is 1. The molecule has 68 heavy (non-hydrogen) atoms. The van der Waals surface area contributed by atoms with Gasteiger partial charge >= 0.3 is 0 Å². The smallest absolute Gasteiger partial charge is 0.255 e. The number of nitrogens with zero attached hydrogens (tertiary/aromatic N) is 7. The number of imidazole rings is 1. The maximum atomic E-state index is 16.0. The number of ether oxygens (including phenoxy) is 1. The van der Waals surface area contributed by atoms with Gasteiger partial charge in [-0.25, -0.2) is 18.7 Å². The van der Waals surface area contributed by atoms with Gasteiger partial charge in [0.05, 0.1) is 49.1 Å². The number of amides is 5. The molecular formula is C48H50F2N10O7S. The van der Waals surface area contributed by atoms with E-state index in [-0.39, 0.29) is 73.0 Å². The quantitative estimate of drug-likeness (QED) is 0.124. The fourth-order valence-corrected chi connectivity index (χ4v) is 10.6. The monoisotopic (exact) mass is 948 g/mol. The molecular weight excluding hydrogens is 899 g/mol. The summed E-state index contributed by atoms with van der Waals surface area (Å²) in [6, 6.07) is 11.7. The lowest BCUT2D eigenvalue weighted by Crippen LogP contribution is -2.52. The third kappa shape index (κ3) is 8.73. The molecule has 7 heterocycles. The molecule has 3 fully saturated rings. The number of halogens is 2. The zero-order valence-electron chi connectivity index (χ0n) is 37.3. The first-order valence-electron chi connectivity index (χ1n) is 22.8. The number of nitrogens with one attached hydrogen (secondary N) is 3. The first kappa shape index (κ1) is 44.9. The minimum absolute atomic E-state index is 0.0559. The topological polar surface area (TPSA) is 195 Å². The molecule has 0 bridgehead atoms. The van der Waals surface area contributed by atoms with E-state index in [2.05, 4.69) is 30.8 Å². The number of thiazole rings is 1. The largest absolute Gasteiger partial charge is 0.495 e. The molecule has 5 aliphatic rings. The van der Waals surface area contributed by atoms with E-state index in [9.17, 15) is 29.1 Å². The predicted molar refractivity (Wildman–Crippen MR) is 248 cm³/mol. The highest BCUT2D eigenvalue weighted by Gasteiger charge is 2.43. The molecule has 3 saturated heterocycles. The first-order chi connectivity index (χ1) is 32.8. The van der Waals surface area contributed by atoms with Gasteiger partial charge in [-0.1, -0.05) is 12.1 Å². The standard InChI is InChI=1S/C48H50F2N10O7S/c1-67-39-24-38(34(50)23-36(39)53-35-8-9-40(61)54-44(35)63)57-14-10-48(66,11-15-57)25-41(62)58-18-16-56(17-19-58)30-6-4-28(5-7-30)29-21-31-32(33(49)22-29)26-60(46(31)65)43(45(64)55-47-51-12-20-68-47)42-37-3-2-13-59(37)27-52-42/h4-7,12,20-24,27,35,43,53,66H,2-3,8-11,13-19,25-26H2,1H3,(H,51,55,64)(H,54,61,63). The third-order valence-electron chi connectivity index (χ3n) is 13.8. The maximum Gasteiger partial charge on any atom is 0.255 e. The van der Waals surface area contributed by atoms with Crippen LogP contribution in [0.25, 0.3) is 11.1 Å². The third-order valence-corrected chi connectivity index (χ3v) is 14.5. The van der Waals surface area contributed by atoms with E-state index in [1.807, 2.05) is 33.7 Å². The molecule has 354 valence electrons. The fourth-order valence-electron chi connectivity index (χ4n) is 10.1. The van der Waals surface area contributed by atoms with Crippen LogP contribution in [-0.2, 0) is 38.7 Å². The summed E-state index contributed by atoms with van der Waals surface area (Å²) in [5.74, 6) is -2.65. The molecule has 0 aliphatic carbocycles. The summed E-state index contributed by atoms with van der Waals surface area (Å²) >= 11 is 1.26. The molecule has 5 aliphatic heterocycles. The molecule has 2 unspecified atom stereocenters. The van der Waals surface area contributed by atoms with Crippen molar-refractivity contribution in [3.8, 4) is 16.9 Å². The molecule has 0 spiro atoms. The van der Waals surface area contributed by atoms with Gasteiger partial charge < -0.3 is 39.3 Å². The van der Waals surface area contributed by atoms with Gasteiger partial charge in [-0.3, -0.25) is 34.6 Å². The molecule has 0 radical (unpaired) electrons. The van der Waals surface area contributed by atoms with E-state index >= 15 is 8.78 Å². The normalized spacial score (nSPS) is 19.4. The van der Waals surface area contributed by atoms with Crippen LogP contribution >= 0.6 is 11.3 Å². The minimum Gasteiger partial charge on any atom is -0.495 e. The van der Waals surface area contributed by atoms with Crippen LogP contribution in [0.1, 0.15) is 71.9 Å². The van der Waals surface area contributed by atoms with Gasteiger partial charge in [0.15, 0.2) is 11.2 Å². The number of piperidine rings is 2. The second kappa shape index (κ2) is 18.3. The SMILES string of the molecule is COc1cc(N2CCC(O)(CC(=O)N3CCN(c4ccc(-c5cc(F)c6c(c5)C(=O)N(C(C(=O)Nc5nccs5)c5ncn7c5CCC7)C6)cc4)CC3)CC2)c(F)cc1NC1CCC(=O)NC1=O. The number of carbonyl (C=O) groups is 5. The van der Waals surface area contributed by atoms with Gasteiger partial charge in [0.1, 0.15) is 23.4 Å². The van der Waals surface area contributed by atoms with Gasteiger partial charge in [-0.2, -0.15) is 0 Å². The molecule has 2 atom stereocenters. The molecule has 5 amide bonds. The van der Waals surface area contributed by atoms with Crippen molar-refractivity contribution in [1.82, 2.24) is 29.7 Å². The number of imide groups is 1. The zero-order chi connectivity index (χ0) is 47.3. The van der Waals surface area contributed by atoms with Crippen LogP contribution < -0.4 is 30.5 Å². The number of piperazine rings is 1. The molecule has 4 N–H and O–H groups in total. The molecule has 0 saturated carbocycles. The van der Waals surface area contributed by atoms with E-state index in [0.29, 0.717) is 67.0 Å². The molecule has 10 rings (SSSR count). The van der Waals surface area contributed by atoms with Gasteiger partial charge in [0.25, 0.3) is 11.8 Å². The Labute approximate surface area is 394 Å². The van der Waals surface area contributed by atoms with Crippen LogP contribution in [0.3, 0.4) is 0 Å². The highest BCUT2D eigenvalue weighted by atomic mass is 32.1. The zero-order valence-corrected chi connectivity index (χ0v) is 38.1. The Hall–Kier alpha value is -6.93. The average Bonchev–Trinajstić information content (AvgIpc) is 4.16. The molecule has 17 nitrogen and oxygen atoms in total. The number of rotatable bonds is 12. The summed E-state index contributed by atoms with van der Waals surface area (Å²) in [5.41, 5.74) is 3.26. The van der Waals surface area contributed by atoms with Crippen molar-refractivity contribution < 1.29 is 42.6 Å². The van der Waals surface area contributed by atoms with Gasteiger partial charge in [-0.05, 0) is 67.5 Å². The highest BCUT2D eigenvalue weighted by molar-refractivity contribution is 7.13. The van der Waals surface area contributed by atoms with E-state index < -0.39 is 47.0 Å². The van der Waals surface area contributed by atoms with Crippen LogP contribution in [0, 0.1) is 11.6 Å². The van der Waals surface area contributed by atoms with Gasteiger partial charge in [0, 0.05) is 98.5 Å². The Bertz CT molecular complexity index is 2790. The van der Waals surface area contributed by atoms with Gasteiger partial charge in [-0.15, -0.1) is 11.3 Å². The Morgan fingerprint density at radius 1 is 0.941 bits per heavy atom. The summed E-state index contributed by atoms with van der Waals surface area (Å²) in [5, 5.41) is 21.8. The molecule has 3 aromatic carbocycles. The summed E-state index contributed by atoms with van der Waals surface area (Å²) in [6.45, 7) is 3.32. The molecule has 2 aromatic heterocycles. The number of hydrogen-bond acceptors (Lipinski definition) is 13. The number of aromatic nitrogens is 3. The van der Waals surface area contributed by atoms with Crippen molar-refractivity contribution in [1.29, 1.82) is 0 Å². The average molecular weight is 949 g/mol. The summed E-state index contributed by atoms with van der Waals surface area (Å²) in [6.07, 6.45) is 5.78. The lowest BCUT2D eigenvalue weighted by molar-refractivity contribution is -0.138. The molecule has 20 heteroatoms. The van der Waals surface area contributed by atoms with Gasteiger partial charge in [0.2, 0.25) is 17.7 Å². The lowest BCUT2D eigenvalue weighted by atomic mass is 9.87. The minimum atomic E-state index is -1.26. The number of aryl methyl sites for hydroxylation is 1. The van der Waals surface area contributed by atoms with Crippen molar-refractivity contribution in [2.45, 2.75) is 75.7 Å². The fraction of sp³-hybridized carbons (Fsp3) is 0.396. The van der Waals surface area contributed by atoms with Crippen LogP contribution in [-0.4, -0.2) is 117 Å². The lowest BCUT2D eigenvalue weighted by Gasteiger charge is -2.41. The van der Waals surface area contributed by atoms with Crippen LogP contribution in [0.15, 0.2) is 66.4 Å². The van der Waals surface area contributed by atoms with Crippen molar-refractivity contribution in [2.75, 3.05) is 66.8 Å². The second-order valence-corrected chi connectivity index (χ2v) is 18.9. The van der Waals surface area contributed by atoms with Crippen molar-refractivity contribution in [2.24, 2.45) is 0 Å². The number of anilines is 4. The number of fused-ring (bicyclic) bond motifs is 2. The van der Waals surface area contributed by atoms with Crippen molar-refractivity contribution >= 4 is 63.1 Å². The van der Waals surface area contributed by atoms with Crippen molar-refractivity contribution in [3.63, 3.8) is 0 Å². The van der Waals surface area contributed by atoms with E-state index in [0.717, 1.165) is 30.8 Å². The number of carbonyl (C=O) groups excluding carboxylic acids is 5. The van der Waals surface area contributed by atoms with Crippen LogP contribution in [0.4, 0.5) is 31.0 Å². The summed E-state index contributed by atoms with van der Waals surface area (Å²) in [4.78, 5) is 81.3. The number of hydrogen-bond donors (Lipinski definition) is 4. The Kier molecular flexibility index (Phi) is 12.1. The Morgan fingerprint density at radius 2 is 1.72 bits per heavy atom. The van der Waals surface area contributed by atoms with Crippen LogP contribution in [0.2, 0.25) is 0 Å². The second-order valence-electron chi connectivity index (χ2n) is 18.0. The van der Waals surface area contributed by atoms with E-state index in [1.165, 1.54) is 35.5 Å². The van der Waals surface area contributed by atoms with E-state index in [4.69, 9.17) is 4.74 Å². The Morgan fingerprint density at radius 3 is 2.44 bits per heavy atom. The Balaban J connectivity index is 0.741. The van der Waals surface area contributed by atoms with Crippen LogP contribution in [0.5, 0.6) is 5.75 Å². The summed E-state index contributed by atoms with van der Waals surface area (Å²) in [7, 11) is 1.45. The number of aliphatic hydroxyl groups is 1. The predicted octanol–water partition coefficient (Wildman–Crippen LogP) is 4.86. The maximum absolute atomic E-state index is 16.0. The van der Waals surface area contributed by atoms with Crippen molar-refractivity contribution in [3.05, 3.63) is 101 Å². The number of benzene rings is 3.